The van der Waals surface area contributed by atoms with E-state index in [9.17, 15) is 14.4 Å². The van der Waals surface area contributed by atoms with Gasteiger partial charge >= 0.3 is 5.97 Å². The van der Waals surface area contributed by atoms with Crippen LogP contribution in [0.15, 0.2) is 79.0 Å². The summed E-state index contributed by atoms with van der Waals surface area (Å²) in [5.41, 5.74) is 2.90. The van der Waals surface area contributed by atoms with Gasteiger partial charge in [-0.1, -0.05) is 36.4 Å². The van der Waals surface area contributed by atoms with E-state index in [1.54, 1.807) is 36.3 Å². The maximum Gasteiger partial charge on any atom is 0.308 e. The molecule has 9 heteroatoms. The van der Waals surface area contributed by atoms with E-state index in [2.05, 4.69) is 10.3 Å². The zero-order valence-corrected chi connectivity index (χ0v) is 22.8. The lowest BCUT2D eigenvalue weighted by molar-refractivity contribution is -0.132. The average Bonchev–Trinajstić information content (AvgIpc) is 3.34. The number of fused-ring (bicyclic) bond motifs is 1. The molecule has 0 aliphatic heterocycles. The number of aromatic nitrogens is 1. The fourth-order valence-electron chi connectivity index (χ4n) is 4.52. The zero-order valence-electron chi connectivity index (χ0n) is 22.8. The number of carbonyl (C=O) groups excluding carboxylic acids is 3. The van der Waals surface area contributed by atoms with Crippen LogP contribution in [0.5, 0.6) is 17.2 Å². The van der Waals surface area contributed by atoms with Crippen LogP contribution in [0.3, 0.4) is 0 Å². The number of para-hydroxylation sites is 2. The molecule has 0 fully saturated rings. The van der Waals surface area contributed by atoms with E-state index in [1.165, 1.54) is 13.8 Å². The summed E-state index contributed by atoms with van der Waals surface area (Å²) < 4.78 is 16.2. The lowest BCUT2D eigenvalue weighted by atomic mass is 10.0. The number of nitrogens with zero attached hydrogens (tertiary/aromatic N) is 1. The quantitative estimate of drug-likeness (QED) is 0.200. The maximum atomic E-state index is 13.0. The standard InChI is InChI=1S/C31H33N3O6.H2/c1-21(35)34(18-23-8-4-7-11-30(23)38-3)19-25(16-24-17-32-29-10-6-5-9-28(24)29)33-31(37)20-39-26-12-14-27(15-13-26)40-22(2)36;/h4-15,17,25,32H,16,18-20H2,1-3H3,(H,33,37);1H. The van der Waals surface area contributed by atoms with Crippen LogP contribution in [0.2, 0.25) is 0 Å². The van der Waals surface area contributed by atoms with Crippen LogP contribution in [-0.2, 0) is 27.3 Å². The minimum absolute atomic E-state index is 0. The Labute approximate surface area is 234 Å². The van der Waals surface area contributed by atoms with E-state index >= 15 is 0 Å². The Kier molecular flexibility index (Phi) is 9.40. The summed E-state index contributed by atoms with van der Waals surface area (Å²) in [6.07, 6.45) is 2.44. The van der Waals surface area contributed by atoms with Gasteiger partial charge in [-0.3, -0.25) is 14.4 Å². The summed E-state index contributed by atoms with van der Waals surface area (Å²) in [7, 11) is 1.60. The highest BCUT2D eigenvalue weighted by Crippen LogP contribution is 2.22. The van der Waals surface area contributed by atoms with E-state index < -0.39 is 5.97 Å². The van der Waals surface area contributed by atoms with E-state index in [-0.39, 0.29) is 32.4 Å². The molecular weight excluding hydrogens is 510 g/mol. The number of esters is 1. The molecular formula is C31H35N3O6. The molecule has 0 spiro atoms. The monoisotopic (exact) mass is 545 g/mol. The first-order chi connectivity index (χ1) is 19.3. The SMILES string of the molecule is COc1ccccc1CN(CC(Cc1c[nH]c2ccccc12)NC(=O)COc1ccc(OC(C)=O)cc1)C(C)=O.[HH]. The largest absolute Gasteiger partial charge is 0.496 e. The lowest BCUT2D eigenvalue weighted by Gasteiger charge is -2.28. The van der Waals surface area contributed by atoms with Crippen molar-refractivity contribution in [1.82, 2.24) is 15.2 Å². The molecule has 1 atom stereocenters. The summed E-state index contributed by atoms with van der Waals surface area (Å²) >= 11 is 0. The number of amides is 2. The first kappa shape index (κ1) is 28.2. The van der Waals surface area contributed by atoms with Gasteiger partial charge < -0.3 is 29.4 Å². The third-order valence-corrected chi connectivity index (χ3v) is 6.40. The van der Waals surface area contributed by atoms with Gasteiger partial charge in [0.1, 0.15) is 17.2 Å². The predicted molar refractivity (Wildman–Crippen MR) is 153 cm³/mol. The summed E-state index contributed by atoms with van der Waals surface area (Å²) in [5, 5.41) is 4.12. The van der Waals surface area contributed by atoms with Crippen LogP contribution < -0.4 is 19.5 Å². The van der Waals surface area contributed by atoms with E-state index in [1.807, 2.05) is 54.7 Å². The van der Waals surface area contributed by atoms with Gasteiger partial charge in [0.25, 0.3) is 5.91 Å². The highest BCUT2D eigenvalue weighted by molar-refractivity contribution is 5.83. The number of hydrogen-bond acceptors (Lipinski definition) is 6. The van der Waals surface area contributed by atoms with Gasteiger partial charge in [0.15, 0.2) is 6.61 Å². The van der Waals surface area contributed by atoms with E-state index in [0.717, 1.165) is 22.0 Å². The number of ether oxygens (including phenoxy) is 3. The zero-order chi connectivity index (χ0) is 28.5. The lowest BCUT2D eigenvalue weighted by Crippen LogP contribution is -2.47. The highest BCUT2D eigenvalue weighted by atomic mass is 16.5. The predicted octanol–water partition coefficient (Wildman–Crippen LogP) is 4.50. The molecule has 0 aliphatic rings. The van der Waals surface area contributed by atoms with Crippen molar-refractivity contribution in [3.63, 3.8) is 0 Å². The van der Waals surface area contributed by atoms with Crippen LogP contribution >= 0.6 is 0 Å². The van der Waals surface area contributed by atoms with Crippen LogP contribution in [0.1, 0.15) is 26.4 Å². The van der Waals surface area contributed by atoms with Crippen molar-refractivity contribution in [2.75, 3.05) is 20.3 Å². The molecule has 4 aromatic rings. The second kappa shape index (κ2) is 13.3. The molecule has 1 aromatic heterocycles. The number of H-pyrrole nitrogens is 1. The molecule has 4 rings (SSSR count). The van der Waals surface area contributed by atoms with E-state index in [0.29, 0.717) is 30.2 Å². The number of methoxy groups -OCH3 is 1. The van der Waals surface area contributed by atoms with Gasteiger partial charge in [-0.25, -0.2) is 0 Å². The second-order valence-electron chi connectivity index (χ2n) is 9.39. The third-order valence-electron chi connectivity index (χ3n) is 6.40. The van der Waals surface area contributed by atoms with Crippen molar-refractivity contribution in [1.29, 1.82) is 0 Å². The van der Waals surface area contributed by atoms with Gasteiger partial charge in [0, 0.05) is 51.0 Å². The number of benzene rings is 3. The molecule has 210 valence electrons. The number of rotatable bonds is 12. The van der Waals surface area contributed by atoms with Gasteiger partial charge in [0.05, 0.1) is 13.2 Å². The van der Waals surface area contributed by atoms with Crippen LogP contribution in [0.4, 0.5) is 0 Å². The van der Waals surface area contributed by atoms with Gasteiger partial charge in [-0.2, -0.15) is 0 Å². The Morgan fingerprint density at radius 2 is 1.62 bits per heavy atom. The van der Waals surface area contributed by atoms with Gasteiger partial charge in [-0.15, -0.1) is 0 Å². The Bertz CT molecular complexity index is 1470. The maximum absolute atomic E-state index is 13.0. The van der Waals surface area contributed by atoms with Crippen molar-refractivity contribution in [3.05, 3.63) is 90.1 Å². The Balaban J connectivity index is 0.00000462. The number of hydrogen-bond donors (Lipinski definition) is 2. The second-order valence-corrected chi connectivity index (χ2v) is 9.39. The van der Waals surface area contributed by atoms with Crippen molar-refractivity contribution in [2.24, 2.45) is 0 Å². The van der Waals surface area contributed by atoms with Crippen LogP contribution in [0, 0.1) is 0 Å². The molecule has 0 radical (unpaired) electrons. The van der Waals surface area contributed by atoms with Crippen molar-refractivity contribution >= 4 is 28.7 Å². The minimum Gasteiger partial charge on any atom is -0.496 e. The van der Waals surface area contributed by atoms with Crippen LogP contribution in [-0.4, -0.2) is 54.0 Å². The Hall–Kier alpha value is -4.79. The highest BCUT2D eigenvalue weighted by Gasteiger charge is 2.22. The minimum atomic E-state index is -0.417. The molecule has 0 saturated heterocycles. The summed E-state index contributed by atoms with van der Waals surface area (Å²) in [6, 6.07) is 21.6. The number of aromatic amines is 1. The molecule has 1 unspecified atom stereocenters. The van der Waals surface area contributed by atoms with Crippen molar-refractivity contribution in [3.8, 4) is 17.2 Å². The van der Waals surface area contributed by atoms with Crippen molar-refractivity contribution < 1.29 is 30.0 Å². The average molecular weight is 546 g/mol. The molecule has 2 amide bonds. The van der Waals surface area contributed by atoms with Crippen molar-refractivity contribution in [2.45, 2.75) is 32.9 Å². The molecule has 3 aromatic carbocycles. The van der Waals surface area contributed by atoms with Gasteiger partial charge in [-0.05, 0) is 48.4 Å². The fourth-order valence-corrected chi connectivity index (χ4v) is 4.52. The Morgan fingerprint density at radius 1 is 0.925 bits per heavy atom. The van der Waals surface area contributed by atoms with E-state index in [4.69, 9.17) is 14.2 Å². The van der Waals surface area contributed by atoms with Gasteiger partial charge in [0.2, 0.25) is 5.91 Å². The Morgan fingerprint density at radius 3 is 2.35 bits per heavy atom. The smallest absolute Gasteiger partial charge is 0.308 e. The molecule has 2 N–H and O–H groups in total. The molecule has 0 saturated carbocycles. The topological polar surface area (TPSA) is 110 Å². The molecule has 9 nitrogen and oxygen atoms in total. The first-order valence-corrected chi connectivity index (χ1v) is 13.0. The molecule has 0 aliphatic carbocycles. The third kappa shape index (κ3) is 7.63. The summed E-state index contributed by atoms with van der Waals surface area (Å²) in [5.74, 6) is 0.685. The molecule has 0 bridgehead atoms. The fraction of sp³-hybridized carbons (Fsp3) is 0.258. The van der Waals surface area contributed by atoms with Crippen LogP contribution in [0.25, 0.3) is 10.9 Å². The summed E-state index contributed by atoms with van der Waals surface area (Å²) in [6.45, 7) is 3.25. The molecule has 1 heterocycles. The number of carbonyl (C=O) groups is 3. The summed E-state index contributed by atoms with van der Waals surface area (Å²) in [4.78, 5) is 41.8. The first-order valence-electron chi connectivity index (χ1n) is 13.0. The normalized spacial score (nSPS) is 11.5. The molecule has 40 heavy (non-hydrogen) atoms. The number of nitrogens with one attached hydrogen (secondary N) is 2.